The number of aryl methyl sites for hydroxylation is 1. The van der Waals surface area contributed by atoms with Crippen molar-refractivity contribution in [3.63, 3.8) is 0 Å². The molecular formula is C14H24O2Si. The molecule has 1 aromatic carbocycles. The third-order valence-electron chi connectivity index (χ3n) is 3.70. The lowest BCUT2D eigenvalue weighted by atomic mass is 10.1. The van der Waals surface area contributed by atoms with E-state index in [2.05, 4.69) is 33.9 Å². The Balaban J connectivity index is 3.08. The third-order valence-corrected chi connectivity index (χ3v) is 8.04. The van der Waals surface area contributed by atoms with Crippen LogP contribution in [0.1, 0.15) is 31.9 Å². The summed E-state index contributed by atoms with van der Waals surface area (Å²) in [6.45, 7) is 13.1. The second kappa shape index (κ2) is 4.82. The first-order valence-electron chi connectivity index (χ1n) is 6.07. The zero-order valence-corrected chi connectivity index (χ0v) is 12.8. The van der Waals surface area contributed by atoms with Crippen LogP contribution < -0.4 is 4.43 Å². The number of hydrogen-bond acceptors (Lipinski definition) is 2. The fourth-order valence-corrected chi connectivity index (χ4v) is 2.45. The van der Waals surface area contributed by atoms with Crippen LogP contribution in [0.3, 0.4) is 0 Å². The smallest absolute Gasteiger partial charge is 0.250 e. The molecule has 0 saturated carbocycles. The molecule has 0 bridgehead atoms. The summed E-state index contributed by atoms with van der Waals surface area (Å²) >= 11 is 0. The maximum Gasteiger partial charge on any atom is 0.250 e. The third kappa shape index (κ3) is 3.10. The van der Waals surface area contributed by atoms with E-state index in [-0.39, 0.29) is 11.6 Å². The Labute approximate surface area is 106 Å². The highest BCUT2D eigenvalue weighted by Crippen LogP contribution is 2.38. The largest absolute Gasteiger partial charge is 0.543 e. The lowest BCUT2D eigenvalue weighted by Gasteiger charge is -2.37. The van der Waals surface area contributed by atoms with Gasteiger partial charge in [-0.1, -0.05) is 32.9 Å². The number of hydrogen-bond donors (Lipinski definition) is 1. The van der Waals surface area contributed by atoms with Crippen LogP contribution in [0.5, 0.6) is 5.75 Å². The topological polar surface area (TPSA) is 29.5 Å². The van der Waals surface area contributed by atoms with Gasteiger partial charge in [0.25, 0.3) is 0 Å². The van der Waals surface area contributed by atoms with Crippen LogP contribution >= 0.6 is 0 Å². The number of benzene rings is 1. The zero-order chi connectivity index (χ0) is 13.3. The molecule has 2 nitrogen and oxygen atoms in total. The number of aliphatic hydroxyl groups excluding tert-OH is 1. The first-order valence-corrected chi connectivity index (χ1v) is 8.98. The first-order chi connectivity index (χ1) is 7.69. The van der Waals surface area contributed by atoms with Crippen molar-refractivity contribution < 1.29 is 9.53 Å². The molecule has 0 heterocycles. The van der Waals surface area contributed by atoms with Crippen molar-refractivity contribution in [2.75, 3.05) is 0 Å². The van der Waals surface area contributed by atoms with Gasteiger partial charge in [0, 0.05) is 5.56 Å². The van der Waals surface area contributed by atoms with E-state index in [4.69, 9.17) is 4.43 Å². The fourth-order valence-electron chi connectivity index (χ4n) is 1.40. The van der Waals surface area contributed by atoms with E-state index in [0.29, 0.717) is 0 Å². The highest BCUT2D eigenvalue weighted by molar-refractivity contribution is 6.74. The van der Waals surface area contributed by atoms with Crippen LogP contribution in [0.4, 0.5) is 0 Å². The molecule has 0 fully saturated rings. The summed E-state index contributed by atoms with van der Waals surface area (Å²) in [5.74, 6) is 0.846. The van der Waals surface area contributed by atoms with Crippen LogP contribution in [-0.2, 0) is 6.61 Å². The standard InChI is InChI=1S/C14H24O2Si/c1-11-8-7-9-13(12(11)10-15)16-17(5,6)14(2,3)4/h7-9,15H,10H2,1-6H3. The summed E-state index contributed by atoms with van der Waals surface area (Å²) in [7, 11) is -1.83. The van der Waals surface area contributed by atoms with Crippen molar-refractivity contribution in [1.82, 2.24) is 0 Å². The Hall–Kier alpha value is -0.803. The Morgan fingerprint density at radius 1 is 1.24 bits per heavy atom. The van der Waals surface area contributed by atoms with E-state index in [1.54, 1.807) is 0 Å². The molecule has 17 heavy (non-hydrogen) atoms. The van der Waals surface area contributed by atoms with Gasteiger partial charge in [-0.05, 0) is 36.7 Å². The highest BCUT2D eigenvalue weighted by atomic mass is 28.4. The molecule has 0 atom stereocenters. The lowest BCUT2D eigenvalue weighted by molar-refractivity contribution is 0.276. The predicted molar refractivity (Wildman–Crippen MR) is 74.9 cm³/mol. The average Bonchev–Trinajstić information content (AvgIpc) is 2.15. The molecule has 0 saturated heterocycles. The van der Waals surface area contributed by atoms with Gasteiger partial charge in [-0.15, -0.1) is 0 Å². The maximum atomic E-state index is 9.43. The molecule has 1 aromatic rings. The van der Waals surface area contributed by atoms with Crippen molar-refractivity contribution in [3.05, 3.63) is 29.3 Å². The SMILES string of the molecule is Cc1cccc(O[Si](C)(C)C(C)(C)C)c1CO. The van der Waals surface area contributed by atoms with Gasteiger partial charge in [0.05, 0.1) is 6.61 Å². The second-order valence-corrected chi connectivity index (χ2v) is 10.8. The Morgan fingerprint density at radius 3 is 2.29 bits per heavy atom. The van der Waals surface area contributed by atoms with Crippen molar-refractivity contribution in [1.29, 1.82) is 0 Å². The maximum absolute atomic E-state index is 9.43. The van der Waals surface area contributed by atoms with Crippen molar-refractivity contribution in [3.8, 4) is 5.75 Å². The molecule has 0 aromatic heterocycles. The molecular weight excluding hydrogens is 228 g/mol. The summed E-state index contributed by atoms with van der Waals surface area (Å²) in [6, 6.07) is 5.94. The minimum absolute atomic E-state index is 0.0383. The van der Waals surface area contributed by atoms with Crippen molar-refractivity contribution in [2.24, 2.45) is 0 Å². The Bertz CT molecular complexity index is 392. The summed E-state index contributed by atoms with van der Waals surface area (Å²) < 4.78 is 6.25. The molecule has 0 spiro atoms. The van der Waals surface area contributed by atoms with Gasteiger partial charge >= 0.3 is 0 Å². The van der Waals surface area contributed by atoms with Crippen molar-refractivity contribution in [2.45, 2.75) is 52.4 Å². The zero-order valence-electron chi connectivity index (χ0n) is 11.8. The number of aliphatic hydroxyl groups is 1. The van der Waals surface area contributed by atoms with E-state index >= 15 is 0 Å². The molecule has 96 valence electrons. The Kier molecular flexibility index (Phi) is 4.05. The highest BCUT2D eigenvalue weighted by Gasteiger charge is 2.39. The number of rotatable bonds is 3. The van der Waals surface area contributed by atoms with E-state index in [1.807, 2.05) is 25.1 Å². The van der Waals surface area contributed by atoms with Crippen LogP contribution in [0.15, 0.2) is 18.2 Å². The van der Waals surface area contributed by atoms with Gasteiger partial charge in [0.15, 0.2) is 0 Å². The molecule has 0 aliphatic rings. The molecule has 0 unspecified atom stereocenters. The summed E-state index contributed by atoms with van der Waals surface area (Å²) in [5.41, 5.74) is 2.00. The van der Waals surface area contributed by atoms with Crippen molar-refractivity contribution >= 4 is 8.32 Å². The van der Waals surface area contributed by atoms with Gasteiger partial charge < -0.3 is 9.53 Å². The molecule has 3 heteroatoms. The second-order valence-electron chi connectivity index (χ2n) is 6.07. The minimum Gasteiger partial charge on any atom is -0.543 e. The summed E-state index contributed by atoms with van der Waals surface area (Å²) in [5, 5.41) is 9.60. The monoisotopic (exact) mass is 252 g/mol. The van der Waals surface area contributed by atoms with Gasteiger partial charge in [-0.2, -0.15) is 0 Å². The first kappa shape index (κ1) is 14.3. The molecule has 0 aliphatic heterocycles. The van der Waals surface area contributed by atoms with Gasteiger partial charge in [0.1, 0.15) is 5.75 Å². The van der Waals surface area contributed by atoms with Crippen LogP contribution in [0, 0.1) is 6.92 Å². The lowest BCUT2D eigenvalue weighted by Crippen LogP contribution is -2.44. The fraction of sp³-hybridized carbons (Fsp3) is 0.571. The molecule has 0 aliphatic carbocycles. The van der Waals surface area contributed by atoms with Gasteiger partial charge in [-0.3, -0.25) is 0 Å². The Morgan fingerprint density at radius 2 is 1.82 bits per heavy atom. The van der Waals surface area contributed by atoms with E-state index in [1.165, 1.54) is 0 Å². The molecule has 1 rings (SSSR count). The normalized spacial score (nSPS) is 12.6. The molecule has 1 N–H and O–H groups in total. The average molecular weight is 252 g/mol. The predicted octanol–water partition coefficient (Wildman–Crippen LogP) is 3.87. The molecule has 0 radical (unpaired) electrons. The van der Waals surface area contributed by atoms with Crippen LogP contribution in [0.2, 0.25) is 18.1 Å². The van der Waals surface area contributed by atoms with Crippen LogP contribution in [-0.4, -0.2) is 13.4 Å². The van der Waals surface area contributed by atoms with Gasteiger partial charge in [-0.25, -0.2) is 0 Å². The minimum atomic E-state index is -1.83. The van der Waals surface area contributed by atoms with E-state index < -0.39 is 8.32 Å². The van der Waals surface area contributed by atoms with Gasteiger partial charge in [0.2, 0.25) is 8.32 Å². The van der Waals surface area contributed by atoms with Crippen LogP contribution in [0.25, 0.3) is 0 Å². The van der Waals surface area contributed by atoms with E-state index in [9.17, 15) is 5.11 Å². The quantitative estimate of drug-likeness (QED) is 0.827. The summed E-state index contributed by atoms with van der Waals surface area (Å²) in [4.78, 5) is 0. The van der Waals surface area contributed by atoms with E-state index in [0.717, 1.165) is 16.9 Å². The molecule has 0 amide bonds. The summed E-state index contributed by atoms with van der Waals surface area (Å²) in [6.07, 6.45) is 0.